The average Bonchev–Trinajstić information content (AvgIpc) is 3.31. The number of carbonyl (C=O) groups excluding carboxylic acids is 1. The van der Waals surface area contributed by atoms with E-state index in [1.165, 1.54) is 18.2 Å². The van der Waals surface area contributed by atoms with Crippen molar-refractivity contribution >= 4 is 17.3 Å². The Morgan fingerprint density at radius 2 is 1.60 bits per heavy atom. The molecule has 5 rings (SSSR count). The van der Waals surface area contributed by atoms with E-state index in [0.717, 1.165) is 22.4 Å². The highest BCUT2D eigenvalue weighted by Crippen LogP contribution is 2.34. The highest BCUT2D eigenvalue weighted by molar-refractivity contribution is 6.03. The van der Waals surface area contributed by atoms with Gasteiger partial charge < -0.3 is 4.90 Å². The maximum Gasteiger partial charge on any atom is 0.257 e. The summed E-state index contributed by atoms with van der Waals surface area (Å²) in [5.74, 6) is -0.599. The summed E-state index contributed by atoms with van der Waals surface area (Å²) in [5, 5.41) is 6.32. The molecule has 0 spiro atoms. The van der Waals surface area contributed by atoms with E-state index in [-0.39, 0.29) is 30.1 Å². The zero-order valence-corrected chi connectivity index (χ0v) is 19.7. The Morgan fingerprint density at radius 1 is 0.914 bits per heavy atom. The number of aryl methyl sites for hydroxylation is 1. The van der Waals surface area contributed by atoms with Crippen LogP contribution in [0.15, 0.2) is 77.9 Å². The summed E-state index contributed by atoms with van der Waals surface area (Å²) >= 11 is 0. The van der Waals surface area contributed by atoms with Crippen molar-refractivity contribution in [2.45, 2.75) is 19.4 Å². The first-order valence-electron chi connectivity index (χ1n) is 11.9. The van der Waals surface area contributed by atoms with Crippen LogP contribution in [0.25, 0.3) is 0 Å². The Hall–Kier alpha value is -3.58. The van der Waals surface area contributed by atoms with Crippen LogP contribution >= 0.6 is 0 Å². The molecule has 1 amide bonds. The number of hydrogen-bond acceptors (Lipinski definition) is 4. The number of piperazine rings is 1. The number of amides is 1. The molecule has 1 fully saturated rings. The second kappa shape index (κ2) is 9.96. The van der Waals surface area contributed by atoms with Crippen molar-refractivity contribution in [1.82, 2.24) is 9.91 Å². The van der Waals surface area contributed by atoms with Crippen molar-refractivity contribution in [2.75, 3.05) is 37.6 Å². The van der Waals surface area contributed by atoms with E-state index < -0.39 is 0 Å². The molecular weight excluding hydrogens is 446 g/mol. The lowest BCUT2D eigenvalue weighted by molar-refractivity contribution is -0.134. The molecule has 2 heterocycles. The lowest BCUT2D eigenvalue weighted by atomic mass is 9.95. The maximum atomic E-state index is 14.2. The van der Waals surface area contributed by atoms with Crippen molar-refractivity contribution in [3.05, 3.63) is 101 Å². The summed E-state index contributed by atoms with van der Waals surface area (Å²) in [6, 6.07) is 20.9. The number of hydrogen-bond donors (Lipinski definition) is 0. The van der Waals surface area contributed by atoms with E-state index in [4.69, 9.17) is 5.10 Å². The molecule has 0 radical (unpaired) electrons. The number of hydrazone groups is 1. The number of nitrogens with zero attached hydrogens (tertiary/aromatic N) is 4. The predicted molar refractivity (Wildman–Crippen MR) is 133 cm³/mol. The zero-order valence-electron chi connectivity index (χ0n) is 19.7. The summed E-state index contributed by atoms with van der Waals surface area (Å²) in [5.41, 5.74) is 4.36. The Balaban J connectivity index is 1.32. The fourth-order valence-corrected chi connectivity index (χ4v) is 4.88. The molecule has 2 aliphatic heterocycles. The number of benzene rings is 3. The van der Waals surface area contributed by atoms with Gasteiger partial charge in [0, 0.05) is 32.6 Å². The molecular formula is C28H28F2N4O. The van der Waals surface area contributed by atoms with Gasteiger partial charge in [-0.3, -0.25) is 9.69 Å². The van der Waals surface area contributed by atoms with Crippen LogP contribution in [0.2, 0.25) is 0 Å². The molecule has 0 aromatic heterocycles. The summed E-state index contributed by atoms with van der Waals surface area (Å²) in [6.07, 6.45) is 0.573. The molecule has 0 aliphatic carbocycles. The molecule has 1 atom stereocenters. The van der Waals surface area contributed by atoms with Crippen LogP contribution in [0.3, 0.4) is 0 Å². The number of para-hydroxylation sites is 1. The first-order valence-corrected chi connectivity index (χ1v) is 11.9. The van der Waals surface area contributed by atoms with E-state index in [1.54, 1.807) is 29.3 Å². The minimum atomic E-state index is -0.301. The summed E-state index contributed by atoms with van der Waals surface area (Å²) in [6.45, 7) is 4.91. The van der Waals surface area contributed by atoms with E-state index in [0.29, 0.717) is 38.3 Å². The second-order valence-corrected chi connectivity index (χ2v) is 9.08. The van der Waals surface area contributed by atoms with Gasteiger partial charge in [-0.25, -0.2) is 13.8 Å². The average molecular weight is 475 g/mol. The van der Waals surface area contributed by atoms with Gasteiger partial charge in [0.15, 0.2) is 0 Å². The standard InChI is InChI=1S/C28H28F2N4O/c1-20-6-2-3-7-23(20)27-18-25(21-10-12-22(29)13-11-21)31-34(27)28(35)19-32-14-16-33(17-15-32)26-9-5-4-8-24(26)30/h2-13,27H,14-19H2,1H3/t27-/m0/s1. The van der Waals surface area contributed by atoms with Gasteiger partial charge in [0.1, 0.15) is 11.6 Å². The number of halogens is 2. The molecule has 5 nitrogen and oxygen atoms in total. The molecule has 0 unspecified atom stereocenters. The van der Waals surface area contributed by atoms with Gasteiger partial charge in [0.25, 0.3) is 5.91 Å². The quantitative estimate of drug-likeness (QED) is 0.535. The fraction of sp³-hybridized carbons (Fsp3) is 0.286. The van der Waals surface area contributed by atoms with Crippen LogP contribution in [0, 0.1) is 18.6 Å². The van der Waals surface area contributed by atoms with Crippen LogP contribution < -0.4 is 4.90 Å². The van der Waals surface area contributed by atoms with Crippen LogP contribution in [-0.4, -0.2) is 54.3 Å². The van der Waals surface area contributed by atoms with E-state index in [2.05, 4.69) is 4.90 Å². The number of carbonyl (C=O) groups is 1. The summed E-state index contributed by atoms with van der Waals surface area (Å²) in [7, 11) is 0. The Labute approximate surface area is 204 Å². The van der Waals surface area contributed by atoms with E-state index in [9.17, 15) is 13.6 Å². The first-order chi connectivity index (χ1) is 17.0. The van der Waals surface area contributed by atoms with Gasteiger partial charge in [-0.1, -0.05) is 48.5 Å². The molecule has 0 bridgehead atoms. The largest absolute Gasteiger partial charge is 0.367 e. The molecule has 2 aliphatic rings. The van der Waals surface area contributed by atoms with Crippen molar-refractivity contribution in [3.63, 3.8) is 0 Å². The highest BCUT2D eigenvalue weighted by atomic mass is 19.1. The lowest BCUT2D eigenvalue weighted by Crippen LogP contribution is -2.49. The topological polar surface area (TPSA) is 39.2 Å². The second-order valence-electron chi connectivity index (χ2n) is 9.08. The predicted octanol–water partition coefficient (Wildman–Crippen LogP) is 4.77. The molecule has 0 N–H and O–H groups in total. The van der Waals surface area contributed by atoms with Crippen LogP contribution in [0.1, 0.15) is 29.2 Å². The van der Waals surface area contributed by atoms with Crippen molar-refractivity contribution in [3.8, 4) is 0 Å². The molecule has 180 valence electrons. The third kappa shape index (κ3) is 4.95. The van der Waals surface area contributed by atoms with Crippen LogP contribution in [-0.2, 0) is 4.79 Å². The number of anilines is 1. The zero-order chi connectivity index (χ0) is 24.4. The van der Waals surface area contributed by atoms with Gasteiger partial charge in [-0.2, -0.15) is 5.10 Å². The molecule has 0 saturated carbocycles. The molecule has 7 heteroatoms. The molecule has 3 aromatic carbocycles. The third-order valence-corrected chi connectivity index (χ3v) is 6.82. The summed E-state index contributed by atoms with van der Waals surface area (Å²) < 4.78 is 27.6. The van der Waals surface area contributed by atoms with Gasteiger partial charge in [0.05, 0.1) is 24.0 Å². The van der Waals surface area contributed by atoms with Crippen LogP contribution in [0.4, 0.5) is 14.5 Å². The SMILES string of the molecule is Cc1ccccc1[C@@H]1CC(c2ccc(F)cc2)=NN1C(=O)CN1CCN(c2ccccc2F)CC1. The maximum absolute atomic E-state index is 14.2. The molecule has 3 aromatic rings. The molecule has 35 heavy (non-hydrogen) atoms. The smallest absolute Gasteiger partial charge is 0.257 e. The van der Waals surface area contributed by atoms with Gasteiger partial charge in [0.2, 0.25) is 0 Å². The van der Waals surface area contributed by atoms with Crippen molar-refractivity contribution in [1.29, 1.82) is 0 Å². The van der Waals surface area contributed by atoms with Crippen LogP contribution in [0.5, 0.6) is 0 Å². The Kier molecular flexibility index (Phi) is 6.59. The van der Waals surface area contributed by atoms with Gasteiger partial charge >= 0.3 is 0 Å². The van der Waals surface area contributed by atoms with Gasteiger partial charge in [-0.15, -0.1) is 0 Å². The van der Waals surface area contributed by atoms with Crippen molar-refractivity contribution < 1.29 is 13.6 Å². The minimum Gasteiger partial charge on any atom is -0.367 e. The van der Waals surface area contributed by atoms with E-state index in [1.807, 2.05) is 42.2 Å². The summed E-state index contributed by atoms with van der Waals surface area (Å²) in [4.78, 5) is 17.6. The fourth-order valence-electron chi connectivity index (χ4n) is 4.88. The van der Waals surface area contributed by atoms with E-state index >= 15 is 0 Å². The highest BCUT2D eigenvalue weighted by Gasteiger charge is 2.35. The Bertz CT molecular complexity index is 1240. The lowest BCUT2D eigenvalue weighted by Gasteiger charge is -2.36. The first kappa shape index (κ1) is 23.2. The monoisotopic (exact) mass is 474 g/mol. The molecule has 1 saturated heterocycles. The third-order valence-electron chi connectivity index (χ3n) is 6.82. The Morgan fingerprint density at radius 3 is 2.31 bits per heavy atom. The minimum absolute atomic E-state index is 0.0743. The normalized spacial score (nSPS) is 18.6. The number of rotatable bonds is 5. The van der Waals surface area contributed by atoms with Gasteiger partial charge in [-0.05, 0) is 47.9 Å². The van der Waals surface area contributed by atoms with Crippen molar-refractivity contribution in [2.24, 2.45) is 5.10 Å².